The number of rotatable bonds is 13. The van der Waals surface area contributed by atoms with Crippen molar-refractivity contribution in [1.29, 1.82) is 0 Å². The third-order valence-electron chi connectivity index (χ3n) is 5.88. The topological polar surface area (TPSA) is 135 Å². The SMILES string of the molecule is NO[C@H](COc1ccc(C(N)=NCCCc2ncccn2)cc1)C(=O)OC(c1ccccc1)c1ccccc1. The second-order valence-corrected chi connectivity index (χ2v) is 8.63. The molecule has 4 aromatic rings. The van der Waals surface area contributed by atoms with Crippen LogP contribution in [0.15, 0.2) is 108 Å². The quantitative estimate of drug-likeness (QED) is 0.0885. The van der Waals surface area contributed by atoms with Crippen molar-refractivity contribution < 1.29 is 19.1 Å². The highest BCUT2D eigenvalue weighted by atomic mass is 16.7. The van der Waals surface area contributed by atoms with Gasteiger partial charge in [0.05, 0.1) is 0 Å². The summed E-state index contributed by atoms with van der Waals surface area (Å²) in [5, 5.41) is 0. The maximum Gasteiger partial charge on any atom is 0.341 e. The Kier molecular flexibility index (Phi) is 10.1. The van der Waals surface area contributed by atoms with Crippen LogP contribution in [0.4, 0.5) is 0 Å². The number of hydrogen-bond donors (Lipinski definition) is 2. The van der Waals surface area contributed by atoms with Gasteiger partial charge in [0, 0.05) is 30.9 Å². The number of benzene rings is 3. The second kappa shape index (κ2) is 14.4. The van der Waals surface area contributed by atoms with Gasteiger partial charge in [-0.15, -0.1) is 0 Å². The van der Waals surface area contributed by atoms with E-state index in [-0.39, 0.29) is 6.61 Å². The number of amidine groups is 1. The molecule has 3 aromatic carbocycles. The van der Waals surface area contributed by atoms with E-state index < -0.39 is 18.2 Å². The molecule has 0 saturated carbocycles. The lowest BCUT2D eigenvalue weighted by Crippen LogP contribution is -2.35. The number of carbonyl (C=O) groups excluding carboxylic acids is 1. The fraction of sp³-hybridized carbons (Fsp3) is 0.200. The number of aryl methyl sites for hydroxylation is 1. The summed E-state index contributed by atoms with van der Waals surface area (Å²) in [6.45, 7) is 0.434. The molecule has 0 unspecified atom stereocenters. The van der Waals surface area contributed by atoms with Gasteiger partial charge in [0.2, 0.25) is 6.10 Å². The van der Waals surface area contributed by atoms with Crippen LogP contribution in [0.2, 0.25) is 0 Å². The van der Waals surface area contributed by atoms with Crippen molar-refractivity contribution in [1.82, 2.24) is 9.97 Å². The summed E-state index contributed by atoms with van der Waals surface area (Å²) in [7, 11) is 0. The van der Waals surface area contributed by atoms with Gasteiger partial charge in [-0.2, -0.15) is 0 Å². The molecule has 200 valence electrons. The van der Waals surface area contributed by atoms with Crippen LogP contribution in [0.5, 0.6) is 5.75 Å². The molecule has 0 saturated heterocycles. The van der Waals surface area contributed by atoms with Gasteiger partial charge in [0.25, 0.3) is 0 Å². The first-order chi connectivity index (χ1) is 19.1. The number of ether oxygens (including phenoxy) is 2. The fourth-order valence-electron chi connectivity index (χ4n) is 3.82. The number of aliphatic imine (C=N–C) groups is 1. The third kappa shape index (κ3) is 8.19. The standard InChI is InChI=1S/C30H31N5O4/c31-29(35-18-7-13-27-33-19-8-20-34-27)24-14-16-25(17-15-24)37-21-26(39-32)30(36)38-28(22-9-3-1-4-10-22)23-11-5-2-6-12-23/h1-6,8-12,14-17,19-20,26,28H,7,13,18,21,32H2,(H2,31,35)/t26-/m1/s1. The van der Waals surface area contributed by atoms with Crippen LogP contribution >= 0.6 is 0 Å². The summed E-state index contributed by atoms with van der Waals surface area (Å²) in [6.07, 6.45) is 3.23. The van der Waals surface area contributed by atoms with E-state index in [0.29, 0.717) is 18.1 Å². The molecular formula is C30H31N5O4. The zero-order valence-electron chi connectivity index (χ0n) is 21.4. The Morgan fingerprint density at radius 1 is 0.846 bits per heavy atom. The molecule has 0 radical (unpaired) electrons. The minimum atomic E-state index is -1.13. The molecule has 0 aliphatic carbocycles. The van der Waals surface area contributed by atoms with E-state index in [1.54, 1.807) is 42.7 Å². The average molecular weight is 526 g/mol. The van der Waals surface area contributed by atoms with Crippen LogP contribution < -0.4 is 16.4 Å². The molecule has 9 heteroatoms. The Balaban J connectivity index is 1.31. The predicted octanol–water partition coefficient (Wildman–Crippen LogP) is 3.79. The number of carbonyl (C=O) groups is 1. The third-order valence-corrected chi connectivity index (χ3v) is 5.88. The van der Waals surface area contributed by atoms with Crippen LogP contribution in [-0.4, -0.2) is 41.0 Å². The van der Waals surface area contributed by atoms with Crippen LogP contribution in [0.25, 0.3) is 0 Å². The molecule has 9 nitrogen and oxygen atoms in total. The van der Waals surface area contributed by atoms with Gasteiger partial charge in [-0.05, 0) is 47.9 Å². The van der Waals surface area contributed by atoms with E-state index in [4.69, 9.17) is 25.9 Å². The molecule has 39 heavy (non-hydrogen) atoms. The predicted molar refractivity (Wildman–Crippen MR) is 148 cm³/mol. The van der Waals surface area contributed by atoms with Crippen LogP contribution in [0.3, 0.4) is 0 Å². The second-order valence-electron chi connectivity index (χ2n) is 8.63. The van der Waals surface area contributed by atoms with E-state index in [1.807, 2.05) is 60.7 Å². The Morgan fingerprint density at radius 3 is 2.05 bits per heavy atom. The van der Waals surface area contributed by atoms with Gasteiger partial charge >= 0.3 is 5.97 Å². The smallest absolute Gasteiger partial charge is 0.341 e. The first kappa shape index (κ1) is 27.4. The Morgan fingerprint density at radius 2 is 1.46 bits per heavy atom. The molecule has 0 spiro atoms. The monoisotopic (exact) mass is 525 g/mol. The van der Waals surface area contributed by atoms with E-state index in [0.717, 1.165) is 35.4 Å². The van der Waals surface area contributed by atoms with Crippen molar-refractivity contribution in [2.45, 2.75) is 25.0 Å². The molecule has 4 rings (SSSR count). The molecule has 1 aromatic heterocycles. The zero-order chi connectivity index (χ0) is 27.3. The van der Waals surface area contributed by atoms with Crippen molar-refractivity contribution in [2.75, 3.05) is 13.2 Å². The zero-order valence-corrected chi connectivity index (χ0v) is 21.4. The highest BCUT2D eigenvalue weighted by Crippen LogP contribution is 2.26. The lowest BCUT2D eigenvalue weighted by atomic mass is 10.0. The summed E-state index contributed by atoms with van der Waals surface area (Å²) in [6, 6.07) is 27.8. The first-order valence-corrected chi connectivity index (χ1v) is 12.6. The Labute approximate surface area is 227 Å². The van der Waals surface area contributed by atoms with Crippen LogP contribution in [-0.2, 0) is 20.8 Å². The maximum absolute atomic E-state index is 13.0. The van der Waals surface area contributed by atoms with Crippen molar-refractivity contribution in [3.8, 4) is 5.75 Å². The van der Waals surface area contributed by atoms with E-state index in [9.17, 15) is 4.79 Å². The van der Waals surface area contributed by atoms with Crippen molar-refractivity contribution >= 4 is 11.8 Å². The lowest BCUT2D eigenvalue weighted by Gasteiger charge is -2.22. The molecule has 1 heterocycles. The van der Waals surface area contributed by atoms with Gasteiger partial charge in [-0.3, -0.25) is 9.83 Å². The summed E-state index contributed by atoms with van der Waals surface area (Å²) in [5.41, 5.74) is 8.55. The van der Waals surface area contributed by atoms with Crippen molar-refractivity contribution in [3.63, 3.8) is 0 Å². The van der Waals surface area contributed by atoms with Crippen molar-refractivity contribution in [3.05, 3.63) is 126 Å². The molecule has 0 aliphatic rings. The van der Waals surface area contributed by atoms with Gasteiger partial charge in [0.1, 0.15) is 24.0 Å². The van der Waals surface area contributed by atoms with E-state index in [2.05, 4.69) is 15.0 Å². The number of hydrogen-bond acceptors (Lipinski definition) is 8. The largest absolute Gasteiger partial charge is 0.490 e. The van der Waals surface area contributed by atoms with E-state index >= 15 is 0 Å². The average Bonchev–Trinajstić information content (AvgIpc) is 3.00. The Hall–Kier alpha value is -4.60. The van der Waals surface area contributed by atoms with Gasteiger partial charge in [-0.1, -0.05) is 60.7 Å². The van der Waals surface area contributed by atoms with Gasteiger partial charge in [-0.25, -0.2) is 20.7 Å². The normalized spacial score (nSPS) is 12.2. The van der Waals surface area contributed by atoms with Crippen LogP contribution in [0.1, 0.15) is 35.0 Å². The number of esters is 1. The summed E-state index contributed by atoms with van der Waals surface area (Å²) in [4.78, 5) is 30.7. The number of aromatic nitrogens is 2. The molecule has 0 bridgehead atoms. The maximum atomic E-state index is 13.0. The highest BCUT2D eigenvalue weighted by molar-refractivity contribution is 5.97. The summed E-state index contributed by atoms with van der Waals surface area (Å²) >= 11 is 0. The highest BCUT2D eigenvalue weighted by Gasteiger charge is 2.27. The molecule has 4 N–H and O–H groups in total. The number of nitrogens with two attached hydrogens (primary N) is 2. The first-order valence-electron chi connectivity index (χ1n) is 12.6. The summed E-state index contributed by atoms with van der Waals surface area (Å²) in [5.74, 6) is 6.52. The van der Waals surface area contributed by atoms with Crippen molar-refractivity contribution in [2.24, 2.45) is 16.6 Å². The molecule has 1 atom stereocenters. The van der Waals surface area contributed by atoms with Gasteiger partial charge < -0.3 is 15.2 Å². The van der Waals surface area contributed by atoms with E-state index in [1.165, 1.54) is 0 Å². The summed E-state index contributed by atoms with van der Waals surface area (Å²) < 4.78 is 11.6. The molecular weight excluding hydrogens is 494 g/mol. The molecule has 0 amide bonds. The Bertz CT molecular complexity index is 1280. The number of nitrogens with zero attached hydrogens (tertiary/aromatic N) is 3. The van der Waals surface area contributed by atoms with Gasteiger partial charge in [0.15, 0.2) is 6.10 Å². The molecule has 0 fully saturated rings. The minimum absolute atomic E-state index is 0.129. The molecule has 0 aliphatic heterocycles. The minimum Gasteiger partial charge on any atom is -0.490 e. The van der Waals surface area contributed by atoms with Crippen LogP contribution in [0, 0.1) is 0 Å². The fourth-order valence-corrected chi connectivity index (χ4v) is 3.82. The lowest BCUT2D eigenvalue weighted by molar-refractivity contribution is -0.163.